The van der Waals surface area contributed by atoms with Gasteiger partial charge in [0.25, 0.3) is 0 Å². The van der Waals surface area contributed by atoms with Crippen molar-refractivity contribution in [2.45, 2.75) is 6.92 Å². The lowest BCUT2D eigenvalue weighted by Gasteiger charge is -1.83. The minimum Gasteiger partial charge on any atom is -0.337 e. The number of nitrogens with zero attached hydrogens (tertiary/aromatic N) is 1. The largest absolute Gasteiger partial charge is 0.337 e. The molecule has 2 rings (SSSR count). The highest BCUT2D eigenvalue weighted by molar-refractivity contribution is 5.74. The molecule has 0 aliphatic rings. The Bertz CT molecular complexity index is 441. The Morgan fingerprint density at radius 2 is 2.45 bits per heavy atom. The summed E-state index contributed by atoms with van der Waals surface area (Å²) < 4.78 is 4.82. The van der Waals surface area contributed by atoms with E-state index in [1.165, 1.54) is 12.3 Å². The highest BCUT2D eigenvalue weighted by atomic mass is 16.5. The average molecular weight is 150 g/mol. The molecule has 0 amide bonds. The van der Waals surface area contributed by atoms with Crippen LogP contribution < -0.4 is 5.43 Å². The van der Waals surface area contributed by atoms with E-state index in [1.54, 1.807) is 6.92 Å². The van der Waals surface area contributed by atoms with E-state index in [2.05, 4.69) is 10.1 Å². The zero-order valence-electron chi connectivity index (χ0n) is 5.92. The molecular formula is C7H6N2O2. The molecule has 4 nitrogen and oxygen atoms in total. The van der Waals surface area contributed by atoms with E-state index in [9.17, 15) is 4.79 Å². The van der Waals surface area contributed by atoms with E-state index < -0.39 is 0 Å². The fourth-order valence-electron chi connectivity index (χ4n) is 1.03. The number of rotatable bonds is 0. The third-order valence-corrected chi connectivity index (χ3v) is 1.56. The number of aromatic nitrogens is 2. The normalized spacial score (nSPS) is 10.6. The van der Waals surface area contributed by atoms with E-state index in [-0.39, 0.29) is 5.43 Å². The summed E-state index contributed by atoms with van der Waals surface area (Å²) in [6.07, 6.45) is 1.54. The molecule has 0 atom stereocenters. The summed E-state index contributed by atoms with van der Waals surface area (Å²) in [4.78, 5) is 13.9. The maximum Gasteiger partial charge on any atom is 0.240 e. The highest BCUT2D eigenvalue weighted by Gasteiger charge is 2.05. The molecule has 0 aromatic carbocycles. The van der Waals surface area contributed by atoms with Crippen LogP contribution in [0.15, 0.2) is 21.6 Å². The molecule has 11 heavy (non-hydrogen) atoms. The van der Waals surface area contributed by atoms with Gasteiger partial charge in [0.1, 0.15) is 5.39 Å². The predicted molar refractivity (Wildman–Crippen MR) is 39.4 cm³/mol. The third kappa shape index (κ3) is 0.756. The molecule has 0 unspecified atom stereocenters. The number of nitrogens with one attached hydrogen (secondary N) is 1. The van der Waals surface area contributed by atoms with Crippen molar-refractivity contribution in [1.82, 2.24) is 10.1 Å². The van der Waals surface area contributed by atoms with E-state index >= 15 is 0 Å². The molecule has 4 heteroatoms. The van der Waals surface area contributed by atoms with Gasteiger partial charge in [0, 0.05) is 12.3 Å². The Labute approximate surface area is 61.8 Å². The van der Waals surface area contributed by atoms with Gasteiger partial charge in [-0.25, -0.2) is 0 Å². The van der Waals surface area contributed by atoms with Gasteiger partial charge in [0.15, 0.2) is 5.43 Å². The van der Waals surface area contributed by atoms with E-state index in [1.807, 2.05) is 0 Å². The molecule has 56 valence electrons. The van der Waals surface area contributed by atoms with E-state index in [0.717, 1.165) is 0 Å². The number of hydrogen-bond acceptors (Lipinski definition) is 3. The van der Waals surface area contributed by atoms with Crippen LogP contribution in [0.5, 0.6) is 0 Å². The summed E-state index contributed by atoms with van der Waals surface area (Å²) in [5.41, 5.74) is 1.01. The van der Waals surface area contributed by atoms with Crippen molar-refractivity contribution in [3.05, 3.63) is 28.2 Å². The average Bonchev–Trinajstić information content (AvgIpc) is 2.34. The van der Waals surface area contributed by atoms with Crippen LogP contribution in [-0.2, 0) is 0 Å². The van der Waals surface area contributed by atoms with E-state index in [0.29, 0.717) is 16.8 Å². The van der Waals surface area contributed by atoms with Gasteiger partial charge < -0.3 is 9.51 Å². The van der Waals surface area contributed by atoms with Gasteiger partial charge in [-0.05, 0) is 6.92 Å². The molecule has 2 aromatic rings. The molecule has 0 spiro atoms. The lowest BCUT2D eigenvalue weighted by molar-refractivity contribution is 0.443. The lowest BCUT2D eigenvalue weighted by Crippen LogP contribution is -1.98. The lowest BCUT2D eigenvalue weighted by atomic mass is 10.3. The van der Waals surface area contributed by atoms with Gasteiger partial charge in [-0.3, -0.25) is 4.79 Å². The topological polar surface area (TPSA) is 58.9 Å². The first-order valence-electron chi connectivity index (χ1n) is 3.23. The van der Waals surface area contributed by atoms with Gasteiger partial charge in [0.05, 0.1) is 5.69 Å². The van der Waals surface area contributed by atoms with Gasteiger partial charge in [-0.1, -0.05) is 5.16 Å². The molecule has 0 fully saturated rings. The van der Waals surface area contributed by atoms with Gasteiger partial charge >= 0.3 is 0 Å². The molecule has 0 bridgehead atoms. The molecule has 0 saturated carbocycles. The van der Waals surface area contributed by atoms with Crippen LogP contribution in [-0.4, -0.2) is 10.1 Å². The zero-order chi connectivity index (χ0) is 7.84. The van der Waals surface area contributed by atoms with Crippen molar-refractivity contribution in [2.24, 2.45) is 0 Å². The molecule has 2 aromatic heterocycles. The maximum absolute atomic E-state index is 11.1. The van der Waals surface area contributed by atoms with Crippen LogP contribution in [0.3, 0.4) is 0 Å². The molecule has 0 aliphatic heterocycles. The summed E-state index contributed by atoms with van der Waals surface area (Å²) in [5.74, 6) is 0. The molecule has 2 heterocycles. The maximum atomic E-state index is 11.1. The fraction of sp³-hybridized carbons (Fsp3) is 0.143. The standard InChI is InChI=1S/C7H6N2O2/c1-4-6-5(10)2-3-8-7(6)11-9-4/h2-3H,1H3,(H,8,10). The minimum atomic E-state index is -0.0579. The number of fused-ring (bicyclic) bond motifs is 1. The first-order chi connectivity index (χ1) is 5.29. The SMILES string of the molecule is Cc1noc2[nH]ccc(=O)c12. The van der Waals surface area contributed by atoms with Crippen molar-refractivity contribution in [1.29, 1.82) is 0 Å². The van der Waals surface area contributed by atoms with E-state index in [4.69, 9.17) is 4.52 Å². The van der Waals surface area contributed by atoms with Crippen molar-refractivity contribution in [3.63, 3.8) is 0 Å². The van der Waals surface area contributed by atoms with Crippen LogP contribution in [0.1, 0.15) is 5.69 Å². The molecular weight excluding hydrogens is 144 g/mol. The van der Waals surface area contributed by atoms with Crippen molar-refractivity contribution >= 4 is 11.1 Å². The highest BCUT2D eigenvalue weighted by Crippen LogP contribution is 2.08. The second-order valence-electron chi connectivity index (χ2n) is 2.31. The summed E-state index contributed by atoms with van der Waals surface area (Å²) >= 11 is 0. The Morgan fingerprint density at radius 3 is 3.18 bits per heavy atom. The van der Waals surface area contributed by atoms with Crippen LogP contribution in [0, 0.1) is 6.92 Å². The number of pyridine rings is 1. The van der Waals surface area contributed by atoms with Crippen molar-refractivity contribution in [3.8, 4) is 0 Å². The second-order valence-corrected chi connectivity index (χ2v) is 2.31. The number of hydrogen-bond donors (Lipinski definition) is 1. The number of aromatic amines is 1. The zero-order valence-corrected chi connectivity index (χ0v) is 5.92. The number of H-pyrrole nitrogens is 1. The summed E-state index contributed by atoms with van der Waals surface area (Å²) in [5, 5.41) is 4.19. The Kier molecular flexibility index (Phi) is 1.09. The van der Waals surface area contributed by atoms with Gasteiger partial charge in [-0.15, -0.1) is 0 Å². The Balaban J connectivity index is 3.08. The predicted octanol–water partition coefficient (Wildman–Crippen LogP) is 0.825. The molecule has 0 saturated heterocycles. The van der Waals surface area contributed by atoms with Crippen LogP contribution in [0.4, 0.5) is 0 Å². The smallest absolute Gasteiger partial charge is 0.240 e. The van der Waals surface area contributed by atoms with Crippen molar-refractivity contribution < 1.29 is 4.52 Å². The summed E-state index contributed by atoms with van der Waals surface area (Å²) in [6.45, 7) is 1.74. The minimum absolute atomic E-state index is 0.0579. The van der Waals surface area contributed by atoms with Crippen molar-refractivity contribution in [2.75, 3.05) is 0 Å². The van der Waals surface area contributed by atoms with Gasteiger partial charge in [0.2, 0.25) is 5.71 Å². The number of aryl methyl sites for hydroxylation is 1. The second kappa shape index (κ2) is 1.95. The van der Waals surface area contributed by atoms with Crippen LogP contribution >= 0.6 is 0 Å². The Hall–Kier alpha value is -1.58. The first kappa shape index (κ1) is 6.15. The fourth-order valence-corrected chi connectivity index (χ4v) is 1.03. The first-order valence-corrected chi connectivity index (χ1v) is 3.23. The Morgan fingerprint density at radius 1 is 1.64 bits per heavy atom. The molecule has 0 aliphatic carbocycles. The van der Waals surface area contributed by atoms with Crippen LogP contribution in [0.2, 0.25) is 0 Å². The summed E-state index contributed by atoms with van der Waals surface area (Å²) in [6, 6.07) is 1.45. The monoisotopic (exact) mass is 150 g/mol. The quantitative estimate of drug-likeness (QED) is 0.604. The molecule has 0 radical (unpaired) electrons. The van der Waals surface area contributed by atoms with Crippen LogP contribution in [0.25, 0.3) is 11.1 Å². The third-order valence-electron chi connectivity index (χ3n) is 1.56. The summed E-state index contributed by atoms with van der Waals surface area (Å²) in [7, 11) is 0. The van der Waals surface area contributed by atoms with Gasteiger partial charge in [-0.2, -0.15) is 0 Å². The molecule has 1 N–H and O–H groups in total.